The molecule has 0 saturated heterocycles. The molecule has 0 spiro atoms. The minimum absolute atomic E-state index is 0.763. The number of rotatable bonds is 5. The van der Waals surface area contributed by atoms with Crippen LogP contribution in [0.3, 0.4) is 0 Å². The molecule has 0 aliphatic heterocycles. The number of halogens is 1. The highest BCUT2D eigenvalue weighted by atomic mass is 35.5. The fourth-order valence-corrected chi connectivity index (χ4v) is 3.05. The Kier molecular flexibility index (Phi) is 4.79. The number of nitrogens with one attached hydrogen (secondary N) is 1. The Morgan fingerprint density at radius 2 is 2.35 bits per heavy atom. The number of benzene rings is 1. The van der Waals surface area contributed by atoms with Gasteiger partial charge in [-0.25, -0.2) is 4.98 Å². The van der Waals surface area contributed by atoms with Gasteiger partial charge in [-0.2, -0.15) is 4.37 Å². The van der Waals surface area contributed by atoms with E-state index in [2.05, 4.69) is 21.6 Å². The first-order valence-corrected chi connectivity index (χ1v) is 7.20. The molecule has 1 N–H and O–H groups in total. The van der Waals surface area contributed by atoms with Crippen molar-refractivity contribution in [2.75, 3.05) is 6.54 Å². The molecule has 2 aromatic rings. The lowest BCUT2D eigenvalue weighted by Crippen LogP contribution is -2.12. The standard InChI is InChI=1S/C11H12ClN3S2/c1-2-13-6-8-5-9(12)3-4-10(8)16-11-14-7-15-17-11/h3-5,7,13H,2,6H2,1H3. The second-order valence-electron chi connectivity index (χ2n) is 3.34. The Hall–Kier alpha value is -0.620. The van der Waals surface area contributed by atoms with Gasteiger partial charge in [0.1, 0.15) is 6.33 Å². The lowest BCUT2D eigenvalue weighted by molar-refractivity contribution is 0.718. The van der Waals surface area contributed by atoms with Gasteiger partial charge in [-0.3, -0.25) is 0 Å². The smallest absolute Gasteiger partial charge is 0.174 e. The van der Waals surface area contributed by atoms with Crippen LogP contribution < -0.4 is 5.32 Å². The molecule has 0 radical (unpaired) electrons. The van der Waals surface area contributed by atoms with Crippen LogP contribution in [-0.4, -0.2) is 15.9 Å². The molecule has 0 unspecified atom stereocenters. The fourth-order valence-electron chi connectivity index (χ4n) is 1.35. The summed E-state index contributed by atoms with van der Waals surface area (Å²) in [4.78, 5) is 5.35. The summed E-state index contributed by atoms with van der Waals surface area (Å²) >= 11 is 9.04. The molecule has 0 bridgehead atoms. The van der Waals surface area contributed by atoms with E-state index < -0.39 is 0 Å². The molecule has 1 heterocycles. The molecule has 3 nitrogen and oxygen atoms in total. The zero-order valence-corrected chi connectivity index (χ0v) is 11.7. The Morgan fingerprint density at radius 1 is 1.47 bits per heavy atom. The quantitative estimate of drug-likeness (QED) is 0.913. The van der Waals surface area contributed by atoms with E-state index in [9.17, 15) is 0 Å². The highest BCUT2D eigenvalue weighted by Crippen LogP contribution is 2.32. The van der Waals surface area contributed by atoms with Crippen molar-refractivity contribution in [3.63, 3.8) is 0 Å². The zero-order valence-electron chi connectivity index (χ0n) is 9.31. The average molecular weight is 286 g/mol. The fraction of sp³-hybridized carbons (Fsp3) is 0.273. The first-order valence-electron chi connectivity index (χ1n) is 5.23. The van der Waals surface area contributed by atoms with E-state index in [1.54, 1.807) is 18.1 Å². The maximum Gasteiger partial charge on any atom is 0.174 e. The van der Waals surface area contributed by atoms with Crippen molar-refractivity contribution < 1.29 is 0 Å². The summed E-state index contributed by atoms with van der Waals surface area (Å²) < 4.78 is 4.94. The van der Waals surface area contributed by atoms with Crippen molar-refractivity contribution >= 4 is 34.9 Å². The summed E-state index contributed by atoms with van der Waals surface area (Å²) in [5.74, 6) is 0. The van der Waals surface area contributed by atoms with Crippen molar-refractivity contribution in [3.8, 4) is 0 Å². The third-order valence-corrected chi connectivity index (χ3v) is 4.19. The lowest BCUT2D eigenvalue weighted by Gasteiger charge is -2.08. The summed E-state index contributed by atoms with van der Waals surface area (Å²) in [7, 11) is 0. The van der Waals surface area contributed by atoms with E-state index in [0.717, 1.165) is 22.5 Å². The van der Waals surface area contributed by atoms with Crippen LogP contribution in [0.15, 0.2) is 33.8 Å². The van der Waals surface area contributed by atoms with Crippen LogP contribution in [0.4, 0.5) is 0 Å². The van der Waals surface area contributed by atoms with Gasteiger partial charge in [0.2, 0.25) is 0 Å². The van der Waals surface area contributed by atoms with Crippen molar-refractivity contribution in [3.05, 3.63) is 35.1 Å². The Balaban J connectivity index is 2.19. The molecule has 2 rings (SSSR count). The number of nitrogens with zero attached hydrogens (tertiary/aromatic N) is 2. The van der Waals surface area contributed by atoms with Crippen LogP contribution in [0.25, 0.3) is 0 Å². The normalized spacial score (nSPS) is 10.7. The lowest BCUT2D eigenvalue weighted by atomic mass is 10.2. The van der Waals surface area contributed by atoms with E-state index in [4.69, 9.17) is 11.6 Å². The van der Waals surface area contributed by atoms with Gasteiger partial charge in [-0.1, -0.05) is 30.3 Å². The highest BCUT2D eigenvalue weighted by molar-refractivity contribution is 8.01. The maximum atomic E-state index is 6.02. The van der Waals surface area contributed by atoms with Gasteiger partial charge in [0, 0.05) is 16.5 Å². The molecule has 1 aromatic carbocycles. The monoisotopic (exact) mass is 285 g/mol. The topological polar surface area (TPSA) is 37.8 Å². The van der Waals surface area contributed by atoms with Gasteiger partial charge in [-0.05, 0) is 41.8 Å². The van der Waals surface area contributed by atoms with Crippen LogP contribution in [-0.2, 0) is 6.54 Å². The van der Waals surface area contributed by atoms with E-state index >= 15 is 0 Å². The summed E-state index contributed by atoms with van der Waals surface area (Å²) in [5, 5.41) is 4.07. The summed E-state index contributed by atoms with van der Waals surface area (Å²) in [5.41, 5.74) is 1.19. The third kappa shape index (κ3) is 3.67. The molecule has 0 amide bonds. The van der Waals surface area contributed by atoms with E-state index in [0.29, 0.717) is 0 Å². The number of hydrogen-bond donors (Lipinski definition) is 1. The molecule has 17 heavy (non-hydrogen) atoms. The van der Waals surface area contributed by atoms with Crippen LogP contribution in [0.5, 0.6) is 0 Å². The molecule has 0 atom stereocenters. The van der Waals surface area contributed by atoms with Crippen LogP contribution >= 0.6 is 34.9 Å². The van der Waals surface area contributed by atoms with Crippen molar-refractivity contribution in [1.82, 2.24) is 14.7 Å². The Labute approximate surface area is 114 Å². The third-order valence-electron chi connectivity index (χ3n) is 2.13. The summed E-state index contributed by atoms with van der Waals surface area (Å²) in [6, 6.07) is 5.93. The van der Waals surface area contributed by atoms with Crippen molar-refractivity contribution in [1.29, 1.82) is 0 Å². The molecule has 0 fully saturated rings. The van der Waals surface area contributed by atoms with Gasteiger partial charge < -0.3 is 5.32 Å². The maximum absolute atomic E-state index is 6.02. The van der Waals surface area contributed by atoms with Crippen molar-refractivity contribution in [2.24, 2.45) is 0 Å². The predicted octanol–water partition coefficient (Wildman–Crippen LogP) is 3.45. The Morgan fingerprint density at radius 3 is 3.06 bits per heavy atom. The van der Waals surface area contributed by atoms with Crippen LogP contribution in [0.2, 0.25) is 5.02 Å². The molecular formula is C11H12ClN3S2. The Bertz CT molecular complexity index is 474. The average Bonchev–Trinajstić information content (AvgIpc) is 2.82. The molecule has 1 aromatic heterocycles. The van der Waals surface area contributed by atoms with Gasteiger partial charge in [0.05, 0.1) is 0 Å². The number of hydrogen-bond acceptors (Lipinski definition) is 5. The van der Waals surface area contributed by atoms with Crippen LogP contribution in [0, 0.1) is 0 Å². The summed E-state index contributed by atoms with van der Waals surface area (Å²) in [6.07, 6.45) is 1.58. The van der Waals surface area contributed by atoms with Gasteiger partial charge in [0.15, 0.2) is 4.34 Å². The SMILES string of the molecule is CCNCc1cc(Cl)ccc1Sc1ncns1. The molecule has 0 saturated carbocycles. The predicted molar refractivity (Wildman–Crippen MR) is 72.9 cm³/mol. The number of aromatic nitrogens is 2. The highest BCUT2D eigenvalue weighted by Gasteiger charge is 2.07. The minimum Gasteiger partial charge on any atom is -0.313 e. The van der Waals surface area contributed by atoms with Crippen molar-refractivity contribution in [2.45, 2.75) is 22.7 Å². The van der Waals surface area contributed by atoms with E-state index in [-0.39, 0.29) is 0 Å². The molecule has 0 aliphatic carbocycles. The van der Waals surface area contributed by atoms with Gasteiger partial charge >= 0.3 is 0 Å². The van der Waals surface area contributed by atoms with Crippen LogP contribution in [0.1, 0.15) is 12.5 Å². The molecular weight excluding hydrogens is 274 g/mol. The first kappa shape index (κ1) is 12.8. The molecule has 0 aliphatic rings. The minimum atomic E-state index is 0.763. The second kappa shape index (κ2) is 6.35. The zero-order chi connectivity index (χ0) is 12.1. The molecule has 90 valence electrons. The largest absolute Gasteiger partial charge is 0.313 e. The summed E-state index contributed by atoms with van der Waals surface area (Å²) in [6.45, 7) is 3.84. The van der Waals surface area contributed by atoms with E-state index in [1.165, 1.54) is 22.0 Å². The van der Waals surface area contributed by atoms with E-state index in [1.807, 2.05) is 18.2 Å². The van der Waals surface area contributed by atoms with Gasteiger partial charge in [0.25, 0.3) is 0 Å². The van der Waals surface area contributed by atoms with Gasteiger partial charge in [-0.15, -0.1) is 0 Å². The molecule has 6 heteroatoms. The first-order chi connectivity index (χ1) is 8.29. The second-order valence-corrected chi connectivity index (χ2v) is 5.85.